The molecule has 2 aromatic carbocycles. The van der Waals surface area contributed by atoms with E-state index in [-0.39, 0.29) is 35.2 Å². The van der Waals surface area contributed by atoms with Crippen molar-refractivity contribution >= 4 is 11.9 Å². The van der Waals surface area contributed by atoms with Crippen molar-refractivity contribution in [3.63, 3.8) is 0 Å². The van der Waals surface area contributed by atoms with Gasteiger partial charge in [0.25, 0.3) is 0 Å². The number of carboxylic acids is 1. The number of benzene rings is 2. The van der Waals surface area contributed by atoms with Gasteiger partial charge in [-0.05, 0) is 54.2 Å². The summed E-state index contributed by atoms with van der Waals surface area (Å²) in [5, 5.41) is 14.6. The molecule has 1 aliphatic heterocycles. The average molecular weight is 561 g/mol. The molecule has 6 nitrogen and oxygen atoms in total. The number of hydrogen-bond acceptors (Lipinski definition) is 4. The van der Waals surface area contributed by atoms with Crippen molar-refractivity contribution in [2.75, 3.05) is 7.11 Å². The maximum Gasteiger partial charge on any atom is 0.326 e. The second kappa shape index (κ2) is 12.6. The number of carboxylic acid groups (broad SMARTS) is 1. The van der Waals surface area contributed by atoms with Gasteiger partial charge in [-0.3, -0.25) is 4.79 Å². The van der Waals surface area contributed by atoms with Gasteiger partial charge in [-0.2, -0.15) is 0 Å². The molecule has 0 radical (unpaired) electrons. The van der Waals surface area contributed by atoms with Gasteiger partial charge in [-0.15, -0.1) is 0 Å². The molecule has 1 saturated heterocycles. The Morgan fingerprint density at radius 2 is 1.59 bits per heavy atom. The van der Waals surface area contributed by atoms with Gasteiger partial charge < -0.3 is 20.1 Å². The number of methoxy groups -OCH3 is 1. The van der Waals surface area contributed by atoms with Gasteiger partial charge in [0.05, 0.1) is 13.2 Å². The van der Waals surface area contributed by atoms with E-state index in [1.165, 1.54) is 31.2 Å². The first kappa shape index (κ1) is 29.6. The molecule has 5 rings (SSSR count). The van der Waals surface area contributed by atoms with Crippen molar-refractivity contribution in [2.24, 2.45) is 17.3 Å². The fraction of sp³-hybridized carbons (Fsp3) is 0.600. The maximum atomic E-state index is 14.3. The van der Waals surface area contributed by atoms with Crippen LogP contribution in [0.1, 0.15) is 107 Å². The van der Waals surface area contributed by atoms with Crippen molar-refractivity contribution in [3.05, 3.63) is 65.2 Å². The Hall–Kier alpha value is -2.86. The highest BCUT2D eigenvalue weighted by Crippen LogP contribution is 2.49. The number of ether oxygens (including phenoxy) is 1. The minimum atomic E-state index is -0.917. The molecule has 6 heteroatoms. The van der Waals surface area contributed by atoms with Crippen LogP contribution in [0.4, 0.5) is 0 Å². The second-order valence-corrected chi connectivity index (χ2v) is 13.6. The number of carbonyl (C=O) groups is 2. The SMILES string of the molecule is COc1ccc(C2CCCC2)cc1CN[C@H]1[C@H](C(C)(C)C)[C@@H](C(=O)O)N(C(=O)C2CCCCC2)[C@H]1c1ccccc1. The molecule has 0 unspecified atom stereocenters. The van der Waals surface area contributed by atoms with E-state index in [1.54, 1.807) is 12.0 Å². The zero-order chi connectivity index (χ0) is 29.1. The summed E-state index contributed by atoms with van der Waals surface area (Å²) >= 11 is 0. The van der Waals surface area contributed by atoms with Gasteiger partial charge in [-0.25, -0.2) is 4.79 Å². The summed E-state index contributed by atoms with van der Waals surface area (Å²) in [5.74, 6) is 0.114. The van der Waals surface area contributed by atoms with Crippen molar-refractivity contribution < 1.29 is 19.4 Å². The molecule has 1 heterocycles. The molecule has 222 valence electrons. The van der Waals surface area contributed by atoms with Gasteiger partial charge in [0.2, 0.25) is 5.91 Å². The highest BCUT2D eigenvalue weighted by molar-refractivity contribution is 5.87. The molecule has 3 aliphatic rings. The smallest absolute Gasteiger partial charge is 0.326 e. The summed E-state index contributed by atoms with van der Waals surface area (Å²) in [6, 6.07) is 15.1. The van der Waals surface area contributed by atoms with E-state index in [1.807, 2.05) is 30.3 Å². The van der Waals surface area contributed by atoms with E-state index in [4.69, 9.17) is 4.74 Å². The van der Waals surface area contributed by atoms with Gasteiger partial charge >= 0.3 is 5.97 Å². The summed E-state index contributed by atoms with van der Waals surface area (Å²) in [5.41, 5.74) is 3.07. The molecule has 2 N–H and O–H groups in total. The molecule has 41 heavy (non-hydrogen) atoms. The summed E-state index contributed by atoms with van der Waals surface area (Å²) in [6.07, 6.45) is 9.88. The quantitative estimate of drug-likeness (QED) is 0.360. The fourth-order valence-electron chi connectivity index (χ4n) is 7.97. The van der Waals surface area contributed by atoms with Crippen molar-refractivity contribution in [1.82, 2.24) is 10.2 Å². The Kier molecular flexibility index (Phi) is 9.08. The minimum Gasteiger partial charge on any atom is -0.496 e. The third-order valence-electron chi connectivity index (χ3n) is 9.93. The molecular weight excluding hydrogens is 512 g/mol. The summed E-state index contributed by atoms with van der Waals surface area (Å²) in [7, 11) is 1.71. The fourth-order valence-corrected chi connectivity index (χ4v) is 7.97. The molecule has 0 bridgehead atoms. The lowest BCUT2D eigenvalue weighted by Crippen LogP contribution is -2.49. The molecule has 2 aliphatic carbocycles. The van der Waals surface area contributed by atoms with Crippen molar-refractivity contribution in [2.45, 2.75) is 109 Å². The molecule has 2 aromatic rings. The third-order valence-corrected chi connectivity index (χ3v) is 9.93. The first-order chi connectivity index (χ1) is 19.7. The van der Waals surface area contributed by atoms with Crippen LogP contribution in [0.5, 0.6) is 5.75 Å². The number of hydrogen-bond donors (Lipinski definition) is 2. The third kappa shape index (κ3) is 6.18. The zero-order valence-electron chi connectivity index (χ0n) is 25.3. The summed E-state index contributed by atoms with van der Waals surface area (Å²) in [4.78, 5) is 29.2. The van der Waals surface area contributed by atoms with Crippen LogP contribution in [0, 0.1) is 17.3 Å². The number of carbonyl (C=O) groups excluding carboxylic acids is 1. The Morgan fingerprint density at radius 3 is 2.20 bits per heavy atom. The molecular formula is C35H48N2O4. The lowest BCUT2D eigenvalue weighted by Gasteiger charge is -2.36. The molecule has 4 atom stereocenters. The van der Waals surface area contributed by atoms with Crippen LogP contribution >= 0.6 is 0 Å². The van der Waals surface area contributed by atoms with Gasteiger partial charge in [0.15, 0.2) is 0 Å². The number of nitrogens with one attached hydrogen (secondary N) is 1. The Bertz CT molecular complexity index is 1190. The number of aliphatic carboxylic acids is 1. The van der Waals surface area contributed by atoms with Crippen LogP contribution in [0.25, 0.3) is 0 Å². The number of amides is 1. The van der Waals surface area contributed by atoms with Gasteiger partial charge in [0.1, 0.15) is 11.8 Å². The molecule has 0 spiro atoms. The van der Waals surface area contributed by atoms with Gasteiger partial charge in [0, 0.05) is 30.0 Å². The van der Waals surface area contributed by atoms with E-state index in [0.29, 0.717) is 12.5 Å². The average Bonchev–Trinajstić information content (AvgIpc) is 3.63. The summed E-state index contributed by atoms with van der Waals surface area (Å²) in [6.45, 7) is 6.88. The first-order valence-electron chi connectivity index (χ1n) is 15.7. The van der Waals surface area contributed by atoms with Crippen LogP contribution in [-0.4, -0.2) is 41.1 Å². The summed E-state index contributed by atoms with van der Waals surface area (Å²) < 4.78 is 5.78. The lowest BCUT2D eigenvalue weighted by atomic mass is 9.72. The normalized spacial score (nSPS) is 25.9. The van der Waals surface area contributed by atoms with E-state index >= 15 is 0 Å². The standard InChI is InChI=1S/C35H48N2O4/c1-35(2,3)29-30(36-22-27-21-26(19-20-28(27)41-4)23-13-11-12-14-23)31(24-15-7-5-8-16-24)37(32(29)34(39)40)33(38)25-17-9-6-10-18-25/h5,7-8,15-16,19-21,23,25,29-32,36H,6,9-14,17-18,22H2,1-4H3,(H,39,40)/t29-,30-,31-,32-/m0/s1. The molecule has 2 saturated carbocycles. The first-order valence-corrected chi connectivity index (χ1v) is 15.7. The van der Waals surface area contributed by atoms with E-state index in [9.17, 15) is 14.7 Å². The second-order valence-electron chi connectivity index (χ2n) is 13.6. The van der Waals surface area contributed by atoms with Crippen LogP contribution < -0.4 is 10.1 Å². The highest BCUT2D eigenvalue weighted by atomic mass is 16.5. The van der Waals surface area contributed by atoms with Crippen LogP contribution in [-0.2, 0) is 16.1 Å². The van der Waals surface area contributed by atoms with Gasteiger partial charge in [-0.1, -0.05) is 95.3 Å². The van der Waals surface area contributed by atoms with Crippen LogP contribution in [0.15, 0.2) is 48.5 Å². The van der Waals surface area contributed by atoms with E-state index in [0.717, 1.165) is 49.0 Å². The topological polar surface area (TPSA) is 78.9 Å². The lowest BCUT2D eigenvalue weighted by molar-refractivity contribution is -0.154. The number of likely N-dealkylation sites (tertiary alicyclic amines) is 1. The molecule has 3 fully saturated rings. The highest BCUT2D eigenvalue weighted by Gasteiger charge is 2.58. The van der Waals surface area contributed by atoms with Crippen LogP contribution in [0.3, 0.4) is 0 Å². The number of nitrogens with zero attached hydrogens (tertiary/aromatic N) is 1. The predicted octanol–water partition coefficient (Wildman–Crippen LogP) is 7.09. The number of rotatable bonds is 8. The monoisotopic (exact) mass is 560 g/mol. The Labute approximate surface area is 245 Å². The maximum absolute atomic E-state index is 14.3. The van der Waals surface area contributed by atoms with Crippen molar-refractivity contribution in [3.8, 4) is 5.75 Å². The predicted molar refractivity (Wildman–Crippen MR) is 162 cm³/mol. The van der Waals surface area contributed by atoms with E-state index < -0.39 is 12.0 Å². The Balaban J connectivity index is 1.55. The van der Waals surface area contributed by atoms with Crippen molar-refractivity contribution in [1.29, 1.82) is 0 Å². The zero-order valence-corrected chi connectivity index (χ0v) is 25.3. The Morgan fingerprint density at radius 1 is 0.927 bits per heavy atom. The minimum absolute atomic E-state index is 0.00492. The molecule has 1 amide bonds. The largest absolute Gasteiger partial charge is 0.496 e. The molecule has 0 aromatic heterocycles. The van der Waals surface area contributed by atoms with E-state index in [2.05, 4.69) is 44.3 Å². The van der Waals surface area contributed by atoms with Crippen LogP contribution in [0.2, 0.25) is 0 Å².